The van der Waals surface area contributed by atoms with Crippen LogP contribution in [0.3, 0.4) is 0 Å². The molecule has 2 aromatic carbocycles. The molecular weight excluding hydrogens is 460 g/mol. The molecule has 0 saturated carbocycles. The fourth-order valence-corrected chi connectivity index (χ4v) is 6.23. The first-order chi connectivity index (χ1) is 15.5. The predicted octanol–water partition coefficient (Wildman–Crippen LogP) is 3.46. The van der Waals surface area contributed by atoms with Gasteiger partial charge < -0.3 is 10.2 Å². The number of nitrogens with one attached hydrogen (secondary N) is 2. The minimum atomic E-state index is -3.96. The molecule has 1 aliphatic rings. The monoisotopic (exact) mass is 486 g/mol. The van der Waals surface area contributed by atoms with Gasteiger partial charge in [0, 0.05) is 19.2 Å². The average molecular weight is 487 g/mol. The molecule has 0 fully saturated rings. The van der Waals surface area contributed by atoms with E-state index in [1.807, 2.05) is 25.1 Å². The molecule has 0 radical (unpaired) electrons. The summed E-state index contributed by atoms with van der Waals surface area (Å²) in [7, 11) is -3.96. The highest BCUT2D eigenvalue weighted by atomic mass is 32.2. The van der Waals surface area contributed by atoms with Gasteiger partial charge in [0.2, 0.25) is 21.8 Å². The Morgan fingerprint density at radius 2 is 1.91 bits per heavy atom. The maximum absolute atomic E-state index is 13.1. The first-order valence-corrected chi connectivity index (χ1v) is 13.0. The normalized spacial score (nSPS) is 14.5. The van der Waals surface area contributed by atoms with E-state index in [9.17, 15) is 18.0 Å². The first-order valence-electron chi connectivity index (χ1n) is 10.7. The van der Waals surface area contributed by atoms with Gasteiger partial charge in [0.15, 0.2) is 5.13 Å². The minimum Gasteiger partial charge on any atom is -0.312 e. The molecule has 3 aromatic rings. The van der Waals surface area contributed by atoms with Crippen LogP contribution in [0.5, 0.6) is 0 Å². The second-order valence-corrected chi connectivity index (χ2v) is 11.3. The summed E-state index contributed by atoms with van der Waals surface area (Å²) < 4.78 is 29.7. The summed E-state index contributed by atoms with van der Waals surface area (Å²) in [6.45, 7) is 7.56. The smallest absolute Gasteiger partial charge is 0.244 e. The molecule has 0 spiro atoms. The highest BCUT2D eigenvalue weighted by Crippen LogP contribution is 2.31. The summed E-state index contributed by atoms with van der Waals surface area (Å²) >= 11 is 1.35. The number of benzene rings is 2. The van der Waals surface area contributed by atoms with Crippen LogP contribution < -0.4 is 14.9 Å². The largest absolute Gasteiger partial charge is 0.312 e. The van der Waals surface area contributed by atoms with Gasteiger partial charge in [-0.2, -0.15) is 4.72 Å². The third kappa shape index (κ3) is 4.78. The van der Waals surface area contributed by atoms with Crippen molar-refractivity contribution in [3.05, 3.63) is 47.5 Å². The Bertz CT molecular complexity index is 1350. The maximum atomic E-state index is 13.1. The Balaban J connectivity index is 1.54. The van der Waals surface area contributed by atoms with Crippen LogP contribution in [0.4, 0.5) is 10.8 Å². The topological polar surface area (TPSA) is 108 Å². The number of anilines is 2. The summed E-state index contributed by atoms with van der Waals surface area (Å²) in [5.41, 5.74) is 3.40. The average Bonchev–Trinajstić information content (AvgIpc) is 3.34. The van der Waals surface area contributed by atoms with E-state index in [0.29, 0.717) is 18.1 Å². The Morgan fingerprint density at radius 1 is 1.15 bits per heavy atom. The lowest BCUT2D eigenvalue weighted by atomic mass is 10.1. The molecule has 10 heteroatoms. The molecule has 1 atom stereocenters. The van der Waals surface area contributed by atoms with Gasteiger partial charge in [0.25, 0.3) is 0 Å². The first kappa shape index (κ1) is 23.3. The van der Waals surface area contributed by atoms with E-state index < -0.39 is 22.0 Å². The molecule has 8 nitrogen and oxygen atoms in total. The van der Waals surface area contributed by atoms with Gasteiger partial charge in [-0.3, -0.25) is 9.59 Å². The lowest BCUT2D eigenvalue weighted by Crippen LogP contribution is -2.47. The van der Waals surface area contributed by atoms with E-state index in [-0.39, 0.29) is 16.7 Å². The number of sulfonamides is 1. The van der Waals surface area contributed by atoms with Gasteiger partial charge in [-0.05, 0) is 60.7 Å². The van der Waals surface area contributed by atoms with Crippen LogP contribution in [0.2, 0.25) is 0 Å². The quantitative estimate of drug-likeness (QED) is 0.555. The van der Waals surface area contributed by atoms with Gasteiger partial charge in [-0.15, -0.1) is 0 Å². The van der Waals surface area contributed by atoms with Crippen molar-refractivity contribution in [3.63, 3.8) is 0 Å². The number of hydrogen-bond acceptors (Lipinski definition) is 6. The number of aromatic nitrogens is 1. The molecule has 0 aliphatic carbocycles. The van der Waals surface area contributed by atoms with E-state index in [1.54, 1.807) is 30.9 Å². The van der Waals surface area contributed by atoms with Crippen molar-refractivity contribution in [1.29, 1.82) is 0 Å². The van der Waals surface area contributed by atoms with Gasteiger partial charge in [0.1, 0.15) is 6.04 Å². The predicted molar refractivity (Wildman–Crippen MR) is 130 cm³/mol. The fraction of sp³-hybridized carbons (Fsp3) is 0.348. The number of hydrogen-bond donors (Lipinski definition) is 2. The number of thiazole rings is 1. The molecule has 174 valence electrons. The van der Waals surface area contributed by atoms with E-state index >= 15 is 0 Å². The summed E-state index contributed by atoms with van der Waals surface area (Å²) in [6.07, 6.45) is 0.587. The molecule has 0 unspecified atom stereocenters. The number of rotatable bonds is 6. The van der Waals surface area contributed by atoms with E-state index in [0.717, 1.165) is 27.0 Å². The summed E-state index contributed by atoms with van der Waals surface area (Å²) in [5.74, 6) is -0.837. The highest BCUT2D eigenvalue weighted by molar-refractivity contribution is 7.89. The highest BCUT2D eigenvalue weighted by Gasteiger charge is 2.30. The van der Waals surface area contributed by atoms with Gasteiger partial charge in [-0.25, -0.2) is 13.4 Å². The Labute approximate surface area is 197 Å². The van der Waals surface area contributed by atoms with Crippen molar-refractivity contribution in [3.8, 4) is 0 Å². The molecule has 1 aliphatic heterocycles. The van der Waals surface area contributed by atoms with Gasteiger partial charge in [-0.1, -0.05) is 31.3 Å². The third-order valence-electron chi connectivity index (χ3n) is 5.64. The van der Waals surface area contributed by atoms with Crippen LogP contribution in [0, 0.1) is 12.8 Å². The van der Waals surface area contributed by atoms with E-state index in [4.69, 9.17) is 0 Å². The molecule has 2 amide bonds. The lowest BCUT2D eigenvalue weighted by Gasteiger charge is -2.21. The van der Waals surface area contributed by atoms with Crippen molar-refractivity contribution in [2.45, 2.75) is 45.1 Å². The summed E-state index contributed by atoms with van der Waals surface area (Å²) in [4.78, 5) is 30.9. The zero-order chi connectivity index (χ0) is 23.9. The molecular formula is C23H26N4O4S2. The molecule has 2 heterocycles. The van der Waals surface area contributed by atoms with Crippen LogP contribution in [0.25, 0.3) is 10.2 Å². The fourth-order valence-electron chi connectivity index (χ4n) is 3.87. The van der Waals surface area contributed by atoms with E-state index in [2.05, 4.69) is 15.0 Å². The second-order valence-electron chi connectivity index (χ2n) is 8.53. The van der Waals surface area contributed by atoms with Crippen molar-refractivity contribution < 1.29 is 18.0 Å². The number of carbonyl (C=O) groups is 2. The van der Waals surface area contributed by atoms with Gasteiger partial charge in [0.05, 0.1) is 15.1 Å². The van der Waals surface area contributed by atoms with Crippen LogP contribution in [-0.2, 0) is 26.0 Å². The van der Waals surface area contributed by atoms with Crippen molar-refractivity contribution in [2.24, 2.45) is 5.92 Å². The molecule has 4 rings (SSSR count). The Hall–Kier alpha value is -2.82. The molecule has 0 bridgehead atoms. The van der Waals surface area contributed by atoms with Crippen LogP contribution in [-0.4, -0.2) is 37.8 Å². The number of amides is 2. The lowest BCUT2D eigenvalue weighted by molar-refractivity contribution is -0.118. The second kappa shape index (κ2) is 8.85. The maximum Gasteiger partial charge on any atom is 0.244 e. The standard InChI is InChI=1S/C23H26N4O4S2/c1-13(2)21(22(29)25-23-24-18-7-5-14(3)11-20(18)32-23)26-33(30,31)17-6-8-19-16(12-17)9-10-27(19)15(4)28/h5-8,11-13,21,26H,9-10H2,1-4H3,(H,24,25,29)/t21-/m1/s1. The number of fused-ring (bicyclic) bond motifs is 2. The van der Waals surface area contributed by atoms with Crippen LogP contribution in [0.1, 0.15) is 31.9 Å². The zero-order valence-corrected chi connectivity index (χ0v) is 20.5. The van der Waals surface area contributed by atoms with Crippen molar-refractivity contribution in [2.75, 3.05) is 16.8 Å². The number of nitrogens with zero attached hydrogens (tertiary/aromatic N) is 2. The summed E-state index contributed by atoms with van der Waals surface area (Å²) in [6, 6.07) is 9.54. The molecule has 0 saturated heterocycles. The third-order valence-corrected chi connectivity index (χ3v) is 8.01. The molecule has 1 aromatic heterocycles. The molecule has 33 heavy (non-hydrogen) atoms. The zero-order valence-electron chi connectivity index (χ0n) is 18.9. The minimum absolute atomic E-state index is 0.0700. The van der Waals surface area contributed by atoms with E-state index in [1.165, 1.54) is 24.3 Å². The van der Waals surface area contributed by atoms with Crippen LogP contribution in [0.15, 0.2) is 41.3 Å². The Kier molecular flexibility index (Phi) is 6.26. The molecule has 2 N–H and O–H groups in total. The van der Waals surface area contributed by atoms with Crippen LogP contribution >= 0.6 is 11.3 Å². The van der Waals surface area contributed by atoms with Gasteiger partial charge >= 0.3 is 0 Å². The van der Waals surface area contributed by atoms with Crippen molar-refractivity contribution >= 4 is 54.2 Å². The number of carbonyl (C=O) groups excluding carboxylic acids is 2. The SMILES string of the molecule is CC(=O)N1CCc2cc(S(=O)(=O)N[C@@H](C(=O)Nc3nc4ccc(C)cc4s3)C(C)C)ccc21. The number of aryl methyl sites for hydroxylation is 1. The Morgan fingerprint density at radius 3 is 2.61 bits per heavy atom. The van der Waals surface area contributed by atoms with Crippen molar-refractivity contribution in [1.82, 2.24) is 9.71 Å². The summed E-state index contributed by atoms with van der Waals surface area (Å²) in [5, 5.41) is 3.19.